The van der Waals surface area contributed by atoms with E-state index in [1.165, 1.54) is 0 Å². The van der Waals surface area contributed by atoms with E-state index in [4.69, 9.17) is 9.47 Å². The molecular formula is C14H16N2O4. The van der Waals surface area contributed by atoms with E-state index in [1.807, 2.05) is 6.92 Å². The van der Waals surface area contributed by atoms with Gasteiger partial charge in [-0.2, -0.15) is 0 Å². The molecule has 1 aromatic carbocycles. The monoisotopic (exact) mass is 276 g/mol. The average molecular weight is 276 g/mol. The van der Waals surface area contributed by atoms with Crippen molar-refractivity contribution >= 4 is 17.6 Å². The van der Waals surface area contributed by atoms with E-state index in [2.05, 4.69) is 5.32 Å². The van der Waals surface area contributed by atoms with Gasteiger partial charge in [-0.15, -0.1) is 0 Å². The number of fused-ring (bicyclic) bond motifs is 1. The molecular weight excluding hydrogens is 260 g/mol. The Morgan fingerprint density at radius 2 is 2.25 bits per heavy atom. The molecule has 0 radical (unpaired) electrons. The van der Waals surface area contributed by atoms with Crippen LogP contribution in [0.5, 0.6) is 5.75 Å². The SMILES string of the molecule is COc1cccc(N2C(=O)NC3COCC3(C)C2=O)c1. The van der Waals surface area contributed by atoms with Crippen molar-refractivity contribution in [2.24, 2.45) is 5.41 Å². The van der Waals surface area contributed by atoms with Gasteiger partial charge in [-0.1, -0.05) is 6.07 Å². The summed E-state index contributed by atoms with van der Waals surface area (Å²) in [6.07, 6.45) is 0. The Morgan fingerprint density at radius 3 is 3.00 bits per heavy atom. The van der Waals surface area contributed by atoms with Gasteiger partial charge in [0.1, 0.15) is 5.75 Å². The van der Waals surface area contributed by atoms with Gasteiger partial charge in [0, 0.05) is 6.07 Å². The van der Waals surface area contributed by atoms with Gasteiger partial charge in [0.25, 0.3) is 0 Å². The van der Waals surface area contributed by atoms with Crippen LogP contribution < -0.4 is 15.0 Å². The van der Waals surface area contributed by atoms with Crippen molar-refractivity contribution in [2.75, 3.05) is 25.2 Å². The van der Waals surface area contributed by atoms with Crippen LogP contribution in [-0.2, 0) is 9.53 Å². The molecule has 20 heavy (non-hydrogen) atoms. The number of benzene rings is 1. The lowest BCUT2D eigenvalue weighted by atomic mass is 9.82. The Bertz CT molecular complexity index is 574. The summed E-state index contributed by atoms with van der Waals surface area (Å²) in [7, 11) is 1.54. The van der Waals surface area contributed by atoms with Crippen LogP contribution in [-0.4, -0.2) is 38.3 Å². The molecule has 2 heterocycles. The van der Waals surface area contributed by atoms with Crippen LogP contribution in [0, 0.1) is 5.41 Å². The molecule has 0 spiro atoms. The Morgan fingerprint density at radius 1 is 1.45 bits per heavy atom. The van der Waals surface area contributed by atoms with E-state index in [1.54, 1.807) is 31.4 Å². The number of rotatable bonds is 2. The van der Waals surface area contributed by atoms with Crippen LogP contribution in [0.4, 0.5) is 10.5 Å². The third kappa shape index (κ3) is 1.76. The van der Waals surface area contributed by atoms with Gasteiger partial charge in [0.05, 0.1) is 37.5 Å². The molecule has 1 N–H and O–H groups in total. The van der Waals surface area contributed by atoms with Gasteiger partial charge in [-0.3, -0.25) is 4.79 Å². The lowest BCUT2D eigenvalue weighted by molar-refractivity contribution is -0.128. The normalized spacial score (nSPS) is 29.1. The quantitative estimate of drug-likeness (QED) is 0.880. The van der Waals surface area contributed by atoms with Gasteiger partial charge in [0.2, 0.25) is 5.91 Å². The zero-order valence-electron chi connectivity index (χ0n) is 11.4. The second-order valence-electron chi connectivity index (χ2n) is 5.28. The molecule has 3 amide bonds. The van der Waals surface area contributed by atoms with Crippen molar-refractivity contribution in [3.63, 3.8) is 0 Å². The van der Waals surface area contributed by atoms with Crippen molar-refractivity contribution in [3.8, 4) is 5.75 Å². The summed E-state index contributed by atoms with van der Waals surface area (Å²) in [5.74, 6) is 0.357. The lowest BCUT2D eigenvalue weighted by Gasteiger charge is -2.39. The first-order chi connectivity index (χ1) is 9.56. The third-order valence-electron chi connectivity index (χ3n) is 3.96. The summed E-state index contributed by atoms with van der Waals surface area (Å²) in [5, 5.41) is 2.84. The fourth-order valence-corrected chi connectivity index (χ4v) is 2.63. The fourth-order valence-electron chi connectivity index (χ4n) is 2.63. The molecule has 6 heteroatoms. The summed E-state index contributed by atoms with van der Waals surface area (Å²) < 4.78 is 10.5. The number of carbonyl (C=O) groups excluding carboxylic acids is 2. The van der Waals surface area contributed by atoms with Gasteiger partial charge >= 0.3 is 6.03 Å². The van der Waals surface area contributed by atoms with Crippen molar-refractivity contribution < 1.29 is 19.1 Å². The fraction of sp³-hybridized carbons (Fsp3) is 0.429. The third-order valence-corrected chi connectivity index (χ3v) is 3.96. The maximum atomic E-state index is 12.7. The Kier molecular flexibility index (Phi) is 2.90. The number of nitrogens with zero attached hydrogens (tertiary/aromatic N) is 1. The van der Waals surface area contributed by atoms with Crippen LogP contribution >= 0.6 is 0 Å². The summed E-state index contributed by atoms with van der Waals surface area (Å²) >= 11 is 0. The van der Waals surface area contributed by atoms with E-state index < -0.39 is 11.4 Å². The standard InChI is InChI=1S/C14H16N2O4/c1-14-8-20-7-11(14)15-13(18)16(12(14)17)9-4-3-5-10(6-9)19-2/h3-6,11H,7-8H2,1-2H3,(H,15,18). The molecule has 2 aliphatic heterocycles. The number of methoxy groups -OCH3 is 1. The molecule has 2 atom stereocenters. The molecule has 2 saturated heterocycles. The second-order valence-corrected chi connectivity index (χ2v) is 5.28. The Hall–Kier alpha value is -2.08. The van der Waals surface area contributed by atoms with E-state index >= 15 is 0 Å². The lowest BCUT2D eigenvalue weighted by Crippen LogP contribution is -2.64. The number of hydrogen-bond donors (Lipinski definition) is 1. The summed E-state index contributed by atoms with van der Waals surface area (Å²) in [6.45, 7) is 2.51. The van der Waals surface area contributed by atoms with E-state index in [-0.39, 0.29) is 11.9 Å². The summed E-state index contributed by atoms with van der Waals surface area (Å²) in [4.78, 5) is 26.0. The molecule has 0 saturated carbocycles. The van der Waals surface area contributed by atoms with Crippen molar-refractivity contribution in [2.45, 2.75) is 13.0 Å². The number of nitrogens with one attached hydrogen (secondary N) is 1. The number of carbonyl (C=O) groups is 2. The maximum absolute atomic E-state index is 12.7. The number of hydrogen-bond acceptors (Lipinski definition) is 4. The van der Waals surface area contributed by atoms with Crippen LogP contribution in [0.2, 0.25) is 0 Å². The van der Waals surface area contributed by atoms with Crippen LogP contribution in [0.1, 0.15) is 6.92 Å². The molecule has 2 fully saturated rings. The highest BCUT2D eigenvalue weighted by molar-refractivity contribution is 6.18. The smallest absolute Gasteiger partial charge is 0.329 e. The molecule has 2 unspecified atom stereocenters. The highest BCUT2D eigenvalue weighted by Gasteiger charge is 2.54. The average Bonchev–Trinajstić information content (AvgIpc) is 2.82. The second kappa shape index (κ2) is 4.49. The van der Waals surface area contributed by atoms with Crippen molar-refractivity contribution in [3.05, 3.63) is 24.3 Å². The van der Waals surface area contributed by atoms with E-state index in [0.29, 0.717) is 24.7 Å². The predicted octanol–water partition coefficient (Wildman–Crippen LogP) is 1.16. The van der Waals surface area contributed by atoms with Gasteiger partial charge in [-0.05, 0) is 19.1 Å². The number of anilines is 1. The van der Waals surface area contributed by atoms with Crippen LogP contribution in [0.25, 0.3) is 0 Å². The number of amides is 3. The number of ether oxygens (including phenoxy) is 2. The first-order valence-electron chi connectivity index (χ1n) is 6.43. The molecule has 1 aromatic rings. The zero-order chi connectivity index (χ0) is 14.3. The molecule has 3 rings (SSSR count). The topological polar surface area (TPSA) is 67.9 Å². The number of urea groups is 1. The molecule has 2 aliphatic rings. The molecule has 0 aliphatic carbocycles. The van der Waals surface area contributed by atoms with E-state index in [0.717, 1.165) is 4.90 Å². The molecule has 0 bridgehead atoms. The minimum atomic E-state index is -0.711. The molecule has 106 valence electrons. The molecule has 0 aromatic heterocycles. The van der Waals surface area contributed by atoms with E-state index in [9.17, 15) is 9.59 Å². The minimum Gasteiger partial charge on any atom is -0.497 e. The van der Waals surface area contributed by atoms with Gasteiger partial charge in [0.15, 0.2) is 0 Å². The van der Waals surface area contributed by atoms with Crippen molar-refractivity contribution in [1.82, 2.24) is 5.32 Å². The Labute approximate surface area is 116 Å². The van der Waals surface area contributed by atoms with Crippen molar-refractivity contribution in [1.29, 1.82) is 0 Å². The van der Waals surface area contributed by atoms with Crippen LogP contribution in [0.15, 0.2) is 24.3 Å². The predicted molar refractivity (Wildman–Crippen MR) is 71.7 cm³/mol. The van der Waals surface area contributed by atoms with Gasteiger partial charge in [-0.25, -0.2) is 9.69 Å². The molecule has 6 nitrogen and oxygen atoms in total. The Balaban J connectivity index is 1.99. The highest BCUT2D eigenvalue weighted by atomic mass is 16.5. The summed E-state index contributed by atoms with van der Waals surface area (Å²) in [6, 6.07) is 6.20. The first kappa shape index (κ1) is 12.9. The minimum absolute atomic E-state index is 0.239. The zero-order valence-corrected chi connectivity index (χ0v) is 11.4. The number of imide groups is 1. The summed E-state index contributed by atoms with van der Waals surface area (Å²) in [5.41, 5.74) is -0.213. The van der Waals surface area contributed by atoms with Crippen LogP contribution in [0.3, 0.4) is 0 Å². The maximum Gasteiger partial charge on any atom is 0.329 e. The largest absolute Gasteiger partial charge is 0.497 e. The first-order valence-corrected chi connectivity index (χ1v) is 6.43. The van der Waals surface area contributed by atoms with Gasteiger partial charge < -0.3 is 14.8 Å². The highest BCUT2D eigenvalue weighted by Crippen LogP contribution is 2.36.